The van der Waals surface area contributed by atoms with E-state index in [0.29, 0.717) is 0 Å². The molecule has 0 fully saturated rings. The molecule has 0 radical (unpaired) electrons. The predicted octanol–water partition coefficient (Wildman–Crippen LogP) is 0.605. The summed E-state index contributed by atoms with van der Waals surface area (Å²) in [5.41, 5.74) is 0. The first-order valence-corrected chi connectivity index (χ1v) is 2.93. The Morgan fingerprint density at radius 2 is 2.22 bits per heavy atom. The highest BCUT2D eigenvalue weighted by Gasteiger charge is 2.09. The Hall–Kier alpha value is -0.765. The Bertz CT molecular complexity index is 114. The van der Waals surface area contributed by atoms with Crippen LogP contribution in [0.25, 0.3) is 0 Å². The minimum Gasteiger partial charge on any atom is -0.428 e. The molecule has 0 unspecified atom stereocenters. The Labute approximate surface area is 55.2 Å². The molecule has 1 heterocycles. The van der Waals surface area contributed by atoms with E-state index < -0.39 is 7.12 Å². The normalized spacial score (nSPS) is 13.9. The van der Waals surface area contributed by atoms with Gasteiger partial charge >= 0.3 is 7.12 Å². The van der Waals surface area contributed by atoms with Crippen molar-refractivity contribution in [1.29, 1.82) is 0 Å². The summed E-state index contributed by atoms with van der Waals surface area (Å²) in [6.07, 6.45) is 3.08. The number of hydrogen-bond donors (Lipinski definition) is 1. The predicted molar refractivity (Wildman–Crippen MR) is 38.0 cm³/mol. The van der Waals surface area contributed by atoms with Crippen LogP contribution in [0.5, 0.6) is 0 Å². The monoisotopic (exact) mass is 127 g/mol. The standard InChI is InChI=1S/C3H4BNO2.C2H6/c6-4-2-1-3-5-7-4;1-2/h1-3,6H;1-2H3. The highest BCUT2D eigenvalue weighted by atomic mass is 16.6. The third-order valence-corrected chi connectivity index (χ3v) is 0.592. The van der Waals surface area contributed by atoms with Gasteiger partial charge in [0, 0.05) is 0 Å². The van der Waals surface area contributed by atoms with Crippen LogP contribution in [0.15, 0.2) is 17.2 Å². The molecule has 0 spiro atoms. The molecule has 1 aliphatic rings. The minimum atomic E-state index is -0.843. The van der Waals surface area contributed by atoms with Crippen molar-refractivity contribution in [3.8, 4) is 0 Å². The Morgan fingerprint density at radius 1 is 1.56 bits per heavy atom. The lowest BCUT2D eigenvalue weighted by molar-refractivity contribution is 0.285. The summed E-state index contributed by atoms with van der Waals surface area (Å²) in [6, 6.07) is 0. The quantitative estimate of drug-likeness (QED) is 0.484. The van der Waals surface area contributed by atoms with E-state index >= 15 is 0 Å². The molecule has 0 aromatic carbocycles. The van der Waals surface area contributed by atoms with E-state index in [0.717, 1.165) is 0 Å². The molecule has 0 atom stereocenters. The molecule has 9 heavy (non-hydrogen) atoms. The summed E-state index contributed by atoms with van der Waals surface area (Å²) in [6.45, 7) is 4.00. The van der Waals surface area contributed by atoms with Crippen molar-refractivity contribution in [2.45, 2.75) is 13.8 Å². The van der Waals surface area contributed by atoms with Crippen LogP contribution in [-0.4, -0.2) is 18.4 Å². The van der Waals surface area contributed by atoms with E-state index in [2.05, 4.69) is 9.91 Å². The first-order chi connectivity index (χ1) is 4.39. The summed E-state index contributed by atoms with van der Waals surface area (Å²) in [7, 11) is -0.843. The van der Waals surface area contributed by atoms with Gasteiger partial charge in [-0.15, -0.1) is 5.16 Å². The largest absolute Gasteiger partial charge is 0.575 e. The maximum Gasteiger partial charge on any atom is 0.575 e. The molecule has 50 valence electrons. The number of allylic oxidation sites excluding steroid dienone is 1. The SMILES string of the molecule is CC.OB1C=CC=NO1. The Morgan fingerprint density at radius 3 is 2.44 bits per heavy atom. The summed E-state index contributed by atoms with van der Waals surface area (Å²) in [4.78, 5) is 0. The van der Waals surface area contributed by atoms with Crippen molar-refractivity contribution < 1.29 is 9.78 Å². The van der Waals surface area contributed by atoms with Crippen LogP contribution in [0.4, 0.5) is 0 Å². The van der Waals surface area contributed by atoms with E-state index in [1.165, 1.54) is 12.2 Å². The Kier molecular flexibility index (Phi) is 4.92. The molecule has 0 bridgehead atoms. The van der Waals surface area contributed by atoms with Gasteiger partial charge in [0.05, 0.1) is 6.21 Å². The van der Waals surface area contributed by atoms with Gasteiger partial charge in [-0.25, -0.2) is 0 Å². The highest BCUT2D eigenvalue weighted by molar-refractivity contribution is 6.49. The van der Waals surface area contributed by atoms with Gasteiger partial charge in [-0.1, -0.05) is 13.8 Å². The van der Waals surface area contributed by atoms with Gasteiger partial charge in [-0.3, -0.25) is 0 Å². The van der Waals surface area contributed by atoms with Crippen molar-refractivity contribution in [1.82, 2.24) is 0 Å². The van der Waals surface area contributed by atoms with Gasteiger partial charge in [0.2, 0.25) is 0 Å². The lowest BCUT2D eigenvalue weighted by atomic mass is 9.91. The number of rotatable bonds is 0. The molecule has 0 aromatic heterocycles. The average molecular weight is 127 g/mol. The molecule has 0 saturated heterocycles. The maximum atomic E-state index is 8.49. The zero-order chi connectivity index (χ0) is 7.11. The maximum absolute atomic E-state index is 8.49. The van der Waals surface area contributed by atoms with Gasteiger partial charge in [0.15, 0.2) is 0 Å². The van der Waals surface area contributed by atoms with E-state index in [1.54, 1.807) is 6.08 Å². The van der Waals surface area contributed by atoms with Crippen LogP contribution in [0.3, 0.4) is 0 Å². The zero-order valence-electron chi connectivity index (χ0n) is 5.61. The van der Waals surface area contributed by atoms with Crippen molar-refractivity contribution in [3.05, 3.63) is 12.1 Å². The van der Waals surface area contributed by atoms with Crippen LogP contribution >= 0.6 is 0 Å². The first-order valence-electron chi connectivity index (χ1n) is 2.93. The van der Waals surface area contributed by atoms with Crippen LogP contribution in [0.2, 0.25) is 0 Å². The van der Waals surface area contributed by atoms with Crippen LogP contribution in [0.1, 0.15) is 13.8 Å². The smallest absolute Gasteiger partial charge is 0.428 e. The van der Waals surface area contributed by atoms with Crippen molar-refractivity contribution in [2.75, 3.05) is 0 Å². The molecular weight excluding hydrogens is 117 g/mol. The summed E-state index contributed by atoms with van der Waals surface area (Å²) >= 11 is 0. The second-order valence-corrected chi connectivity index (χ2v) is 1.14. The van der Waals surface area contributed by atoms with Crippen molar-refractivity contribution in [2.24, 2.45) is 5.16 Å². The fourth-order valence-electron chi connectivity index (χ4n) is 0.313. The van der Waals surface area contributed by atoms with E-state index in [-0.39, 0.29) is 0 Å². The zero-order valence-corrected chi connectivity index (χ0v) is 5.61. The molecule has 1 rings (SSSR count). The van der Waals surface area contributed by atoms with Gasteiger partial charge in [-0.2, -0.15) is 0 Å². The fourth-order valence-corrected chi connectivity index (χ4v) is 0.313. The molecule has 4 heteroatoms. The summed E-state index contributed by atoms with van der Waals surface area (Å²) in [5, 5.41) is 11.8. The lowest BCUT2D eigenvalue weighted by Gasteiger charge is -1.98. The second-order valence-electron chi connectivity index (χ2n) is 1.14. The molecular formula is C5H10BNO2. The average Bonchev–Trinajstić information content (AvgIpc) is 1.94. The molecule has 0 saturated carbocycles. The van der Waals surface area contributed by atoms with E-state index in [1.807, 2.05) is 13.8 Å². The van der Waals surface area contributed by atoms with Crippen LogP contribution in [-0.2, 0) is 4.76 Å². The molecule has 0 aliphatic carbocycles. The molecule has 0 amide bonds. The number of nitrogens with zero attached hydrogens (tertiary/aromatic N) is 1. The second kappa shape index (κ2) is 5.37. The van der Waals surface area contributed by atoms with Crippen LogP contribution in [0, 0.1) is 0 Å². The van der Waals surface area contributed by atoms with Crippen molar-refractivity contribution in [3.63, 3.8) is 0 Å². The lowest BCUT2D eigenvalue weighted by Crippen LogP contribution is -2.13. The topological polar surface area (TPSA) is 41.8 Å². The van der Waals surface area contributed by atoms with E-state index in [4.69, 9.17) is 5.02 Å². The van der Waals surface area contributed by atoms with Gasteiger partial charge in [0.1, 0.15) is 0 Å². The molecule has 1 aliphatic heterocycles. The summed E-state index contributed by atoms with van der Waals surface area (Å²) in [5.74, 6) is 1.49. The van der Waals surface area contributed by atoms with Crippen LogP contribution < -0.4 is 0 Å². The molecule has 3 nitrogen and oxygen atoms in total. The van der Waals surface area contributed by atoms with Gasteiger partial charge < -0.3 is 9.78 Å². The Balaban J connectivity index is 0.000000291. The third kappa shape index (κ3) is 3.79. The van der Waals surface area contributed by atoms with Gasteiger partial charge in [0.25, 0.3) is 0 Å². The van der Waals surface area contributed by atoms with Gasteiger partial charge in [-0.05, 0) is 12.1 Å². The molecule has 1 N–H and O–H groups in total. The number of oxime groups is 1. The van der Waals surface area contributed by atoms with E-state index in [9.17, 15) is 0 Å². The fraction of sp³-hybridized carbons (Fsp3) is 0.400. The molecule has 0 aromatic rings. The first kappa shape index (κ1) is 8.23. The highest BCUT2D eigenvalue weighted by Crippen LogP contribution is 1.88. The number of hydrogen-bond acceptors (Lipinski definition) is 3. The minimum absolute atomic E-state index is 0.843. The summed E-state index contributed by atoms with van der Waals surface area (Å²) < 4.78 is 4.32. The third-order valence-electron chi connectivity index (χ3n) is 0.592. The van der Waals surface area contributed by atoms with Crippen molar-refractivity contribution >= 4 is 13.3 Å².